The molecule has 98 valence electrons. The maximum absolute atomic E-state index is 11.9. The van der Waals surface area contributed by atoms with Crippen molar-refractivity contribution in [3.63, 3.8) is 0 Å². The molecule has 1 aromatic rings. The van der Waals surface area contributed by atoms with Crippen LogP contribution in [0.5, 0.6) is 0 Å². The van der Waals surface area contributed by atoms with Crippen LogP contribution in [0.25, 0.3) is 0 Å². The molecule has 2 aliphatic rings. The van der Waals surface area contributed by atoms with E-state index in [1.54, 1.807) is 0 Å². The first kappa shape index (κ1) is 12.0. The van der Waals surface area contributed by atoms with Gasteiger partial charge in [0.25, 0.3) is 0 Å². The van der Waals surface area contributed by atoms with Gasteiger partial charge < -0.3 is 10.1 Å². The SMILES string of the molecule is O=C(Nc1cccs1)NC1CCC12CCOCC2. The number of thiophene rings is 1. The number of hydrogen-bond donors (Lipinski definition) is 2. The van der Waals surface area contributed by atoms with Crippen LogP contribution in [0.2, 0.25) is 0 Å². The zero-order valence-corrected chi connectivity index (χ0v) is 11.1. The average Bonchev–Trinajstić information content (AvgIpc) is 2.88. The minimum atomic E-state index is -0.0759. The maximum atomic E-state index is 11.9. The second-order valence-electron chi connectivity index (χ2n) is 5.14. The van der Waals surface area contributed by atoms with Crippen molar-refractivity contribution in [2.24, 2.45) is 5.41 Å². The van der Waals surface area contributed by atoms with Gasteiger partial charge in [-0.05, 0) is 48.6 Å². The molecule has 0 radical (unpaired) electrons. The number of rotatable bonds is 2. The first-order valence-electron chi connectivity index (χ1n) is 6.47. The Morgan fingerprint density at radius 2 is 2.22 bits per heavy atom. The number of ether oxygens (including phenoxy) is 1. The van der Waals surface area contributed by atoms with Crippen LogP contribution in [0, 0.1) is 5.41 Å². The van der Waals surface area contributed by atoms with Gasteiger partial charge >= 0.3 is 6.03 Å². The molecule has 1 saturated carbocycles. The molecule has 3 rings (SSSR count). The van der Waals surface area contributed by atoms with Gasteiger partial charge in [0.2, 0.25) is 0 Å². The van der Waals surface area contributed by atoms with Crippen molar-refractivity contribution in [2.45, 2.75) is 31.7 Å². The van der Waals surface area contributed by atoms with E-state index in [4.69, 9.17) is 4.74 Å². The lowest BCUT2D eigenvalue weighted by Gasteiger charge is -2.51. The van der Waals surface area contributed by atoms with Crippen LogP contribution in [-0.2, 0) is 4.74 Å². The summed E-state index contributed by atoms with van der Waals surface area (Å²) in [6.45, 7) is 1.68. The summed E-state index contributed by atoms with van der Waals surface area (Å²) in [5, 5.41) is 8.85. The summed E-state index contributed by atoms with van der Waals surface area (Å²) in [5.74, 6) is 0. The third kappa shape index (κ3) is 2.24. The van der Waals surface area contributed by atoms with Crippen LogP contribution in [-0.4, -0.2) is 25.3 Å². The predicted octanol–water partition coefficient (Wildman–Crippen LogP) is 2.83. The molecule has 2 N–H and O–H groups in total. The first-order valence-corrected chi connectivity index (χ1v) is 7.35. The highest BCUT2D eigenvalue weighted by atomic mass is 32.1. The van der Waals surface area contributed by atoms with Gasteiger partial charge in [0.15, 0.2) is 0 Å². The van der Waals surface area contributed by atoms with Gasteiger partial charge in [-0.2, -0.15) is 0 Å². The Morgan fingerprint density at radius 1 is 1.39 bits per heavy atom. The van der Waals surface area contributed by atoms with Crippen LogP contribution in [0.15, 0.2) is 17.5 Å². The fourth-order valence-corrected chi connectivity index (χ4v) is 3.57. The molecule has 1 aliphatic carbocycles. The minimum absolute atomic E-state index is 0.0759. The van der Waals surface area contributed by atoms with E-state index in [9.17, 15) is 4.79 Å². The monoisotopic (exact) mass is 266 g/mol. The lowest BCUT2D eigenvalue weighted by atomic mass is 9.60. The highest BCUT2D eigenvalue weighted by molar-refractivity contribution is 7.14. The molecule has 1 unspecified atom stereocenters. The second kappa shape index (κ2) is 4.90. The third-order valence-corrected chi connectivity index (χ3v) is 5.01. The van der Waals surface area contributed by atoms with E-state index in [0.29, 0.717) is 11.5 Å². The van der Waals surface area contributed by atoms with Crippen LogP contribution in [0.3, 0.4) is 0 Å². The Labute approximate surface area is 111 Å². The number of nitrogens with one attached hydrogen (secondary N) is 2. The quantitative estimate of drug-likeness (QED) is 0.864. The normalized spacial score (nSPS) is 25.4. The Balaban J connectivity index is 1.55. The minimum Gasteiger partial charge on any atom is -0.381 e. The summed E-state index contributed by atoms with van der Waals surface area (Å²) < 4.78 is 5.41. The molecule has 1 spiro atoms. The second-order valence-corrected chi connectivity index (χ2v) is 6.09. The summed E-state index contributed by atoms with van der Waals surface area (Å²) in [5.41, 5.74) is 0.311. The van der Waals surface area contributed by atoms with E-state index < -0.39 is 0 Å². The van der Waals surface area contributed by atoms with Gasteiger partial charge in [-0.25, -0.2) is 4.79 Å². The topological polar surface area (TPSA) is 50.4 Å². The van der Waals surface area contributed by atoms with Crippen LogP contribution in [0.1, 0.15) is 25.7 Å². The molecule has 4 nitrogen and oxygen atoms in total. The molecule has 2 amide bonds. The summed E-state index contributed by atoms with van der Waals surface area (Å²) in [7, 11) is 0. The highest BCUT2D eigenvalue weighted by Crippen LogP contribution is 2.48. The van der Waals surface area contributed by atoms with Crippen LogP contribution in [0.4, 0.5) is 9.80 Å². The number of urea groups is 1. The van der Waals surface area contributed by atoms with Gasteiger partial charge in [-0.3, -0.25) is 5.32 Å². The number of anilines is 1. The van der Waals surface area contributed by atoms with Gasteiger partial charge in [0.05, 0.1) is 5.00 Å². The summed E-state index contributed by atoms with van der Waals surface area (Å²) >= 11 is 1.54. The van der Waals surface area contributed by atoms with E-state index >= 15 is 0 Å². The number of hydrogen-bond acceptors (Lipinski definition) is 3. The molecule has 18 heavy (non-hydrogen) atoms. The van der Waals surface area contributed by atoms with E-state index in [0.717, 1.165) is 37.5 Å². The molecule has 1 atom stereocenters. The average molecular weight is 266 g/mol. The molecular weight excluding hydrogens is 248 g/mol. The van der Waals surface area contributed by atoms with Gasteiger partial charge in [-0.1, -0.05) is 0 Å². The van der Waals surface area contributed by atoms with Crippen molar-refractivity contribution < 1.29 is 9.53 Å². The fourth-order valence-electron chi connectivity index (χ4n) is 2.95. The highest BCUT2D eigenvalue weighted by Gasteiger charge is 2.47. The molecule has 0 aromatic carbocycles. The third-order valence-electron chi connectivity index (χ3n) is 4.22. The number of carbonyl (C=O) groups is 1. The van der Waals surface area contributed by atoms with Crippen LogP contribution >= 0.6 is 11.3 Å². The van der Waals surface area contributed by atoms with Crippen LogP contribution < -0.4 is 10.6 Å². The smallest absolute Gasteiger partial charge is 0.320 e. The molecule has 0 bridgehead atoms. The van der Waals surface area contributed by atoms with Crippen molar-refractivity contribution >= 4 is 22.4 Å². The maximum Gasteiger partial charge on any atom is 0.320 e. The Kier molecular flexibility index (Phi) is 3.26. The summed E-state index contributed by atoms with van der Waals surface area (Å²) in [6, 6.07) is 4.09. The fraction of sp³-hybridized carbons (Fsp3) is 0.615. The van der Waals surface area contributed by atoms with Crippen molar-refractivity contribution in [1.29, 1.82) is 0 Å². The van der Waals surface area contributed by atoms with Gasteiger partial charge in [0, 0.05) is 19.3 Å². The lowest BCUT2D eigenvalue weighted by molar-refractivity contribution is -0.0507. The molecule has 5 heteroatoms. The largest absolute Gasteiger partial charge is 0.381 e. The van der Waals surface area contributed by atoms with E-state index in [2.05, 4.69) is 10.6 Å². The summed E-state index contributed by atoms with van der Waals surface area (Å²) in [6.07, 6.45) is 4.48. The van der Waals surface area contributed by atoms with Gasteiger partial charge in [0.1, 0.15) is 0 Å². The van der Waals surface area contributed by atoms with E-state index in [-0.39, 0.29) is 6.03 Å². The Hall–Kier alpha value is -1.07. The molecule has 1 aliphatic heterocycles. The molecule has 2 fully saturated rings. The predicted molar refractivity (Wildman–Crippen MR) is 72.0 cm³/mol. The van der Waals surface area contributed by atoms with Gasteiger partial charge in [-0.15, -0.1) is 11.3 Å². The Morgan fingerprint density at radius 3 is 2.83 bits per heavy atom. The van der Waals surface area contributed by atoms with E-state index in [1.807, 2.05) is 17.5 Å². The summed E-state index contributed by atoms with van der Waals surface area (Å²) in [4.78, 5) is 11.9. The zero-order chi connectivity index (χ0) is 12.4. The molecular formula is C13H18N2O2S. The van der Waals surface area contributed by atoms with Crippen molar-refractivity contribution in [3.05, 3.63) is 17.5 Å². The number of carbonyl (C=O) groups excluding carboxylic acids is 1. The molecule has 1 saturated heterocycles. The zero-order valence-electron chi connectivity index (χ0n) is 10.3. The lowest BCUT2D eigenvalue weighted by Crippen LogP contribution is -2.57. The van der Waals surface area contributed by atoms with E-state index in [1.165, 1.54) is 17.8 Å². The van der Waals surface area contributed by atoms with Crippen molar-refractivity contribution in [1.82, 2.24) is 5.32 Å². The first-order chi connectivity index (χ1) is 8.78. The molecule has 1 aromatic heterocycles. The standard InChI is InChI=1S/C13H18N2O2S/c16-12(15-11-2-1-9-18-11)14-10-3-4-13(10)5-7-17-8-6-13/h1-2,9-10H,3-8H2,(H2,14,15,16). The van der Waals surface area contributed by atoms with Crippen molar-refractivity contribution in [3.8, 4) is 0 Å². The Bertz CT molecular complexity index is 413. The number of amides is 2. The van der Waals surface area contributed by atoms with Crippen molar-refractivity contribution in [2.75, 3.05) is 18.5 Å². The molecule has 2 heterocycles.